The molecule has 0 fully saturated rings. The Bertz CT molecular complexity index is 612. The van der Waals surface area contributed by atoms with E-state index in [0.717, 1.165) is 22.3 Å². The smallest absolute Gasteiger partial charge is 0.120 e. The van der Waals surface area contributed by atoms with Crippen LogP contribution in [0.1, 0.15) is 25.1 Å². The highest BCUT2D eigenvalue weighted by Gasteiger charge is 2.06. The maximum absolute atomic E-state index is 9.15. The van der Waals surface area contributed by atoms with Crippen LogP contribution in [0.25, 0.3) is 10.9 Å². The van der Waals surface area contributed by atoms with Gasteiger partial charge in [0.15, 0.2) is 0 Å². The Hall–Kier alpha value is -2.08. The van der Waals surface area contributed by atoms with Crippen molar-refractivity contribution in [2.24, 2.45) is 5.92 Å². The summed E-state index contributed by atoms with van der Waals surface area (Å²) in [6.45, 7) is 6.77. The first kappa shape index (κ1) is 12.4. The molecule has 0 aliphatic carbocycles. The Kier molecular flexibility index (Phi) is 3.47. The normalized spacial score (nSPS) is 10.6. The first-order chi connectivity index (χ1) is 8.60. The van der Waals surface area contributed by atoms with Crippen LogP contribution in [0.5, 0.6) is 5.75 Å². The number of benzene rings is 1. The molecule has 0 amide bonds. The second-order valence-corrected chi connectivity index (χ2v) is 4.81. The molecule has 1 aromatic heterocycles. The van der Waals surface area contributed by atoms with Crippen LogP contribution in [0.3, 0.4) is 0 Å². The third-order valence-corrected chi connectivity index (χ3v) is 2.61. The molecule has 0 radical (unpaired) electrons. The Balaban J connectivity index is 2.44. The number of ether oxygens (including phenoxy) is 1. The van der Waals surface area contributed by atoms with Crippen LogP contribution in [0, 0.1) is 24.2 Å². The summed E-state index contributed by atoms with van der Waals surface area (Å²) in [6, 6.07) is 9.70. The van der Waals surface area contributed by atoms with E-state index in [1.807, 2.05) is 25.1 Å². The average molecular weight is 240 g/mol. The molecule has 1 heterocycles. The van der Waals surface area contributed by atoms with Crippen LogP contribution in [0.4, 0.5) is 0 Å². The fourth-order valence-electron chi connectivity index (χ4n) is 1.78. The molecule has 0 aliphatic heterocycles. The van der Waals surface area contributed by atoms with Gasteiger partial charge in [-0.3, -0.25) is 4.98 Å². The number of hydrogen-bond donors (Lipinski definition) is 0. The molecule has 0 saturated heterocycles. The highest BCUT2D eigenvalue weighted by molar-refractivity contribution is 5.86. The van der Waals surface area contributed by atoms with E-state index in [0.29, 0.717) is 18.1 Å². The minimum Gasteiger partial charge on any atom is -0.493 e. The topological polar surface area (TPSA) is 45.9 Å². The van der Waals surface area contributed by atoms with Crippen LogP contribution < -0.4 is 4.74 Å². The van der Waals surface area contributed by atoms with Gasteiger partial charge in [0, 0.05) is 11.1 Å². The van der Waals surface area contributed by atoms with Crippen molar-refractivity contribution in [3.05, 3.63) is 35.5 Å². The van der Waals surface area contributed by atoms with Gasteiger partial charge in [0.25, 0.3) is 0 Å². The molecular weight excluding hydrogens is 224 g/mol. The number of aryl methyl sites for hydroxylation is 1. The van der Waals surface area contributed by atoms with Crippen molar-refractivity contribution in [3.8, 4) is 11.8 Å². The second-order valence-electron chi connectivity index (χ2n) is 4.81. The molecule has 92 valence electrons. The number of aromatic nitrogens is 1. The Morgan fingerprint density at radius 2 is 2.11 bits per heavy atom. The van der Waals surface area contributed by atoms with E-state index in [1.54, 1.807) is 6.07 Å². The van der Waals surface area contributed by atoms with Crippen LogP contribution >= 0.6 is 0 Å². The quantitative estimate of drug-likeness (QED) is 0.825. The lowest BCUT2D eigenvalue weighted by atomic mass is 10.1. The minimum atomic E-state index is 0.479. The fourth-order valence-corrected chi connectivity index (χ4v) is 1.78. The summed E-state index contributed by atoms with van der Waals surface area (Å²) >= 11 is 0. The molecule has 2 rings (SSSR count). The van der Waals surface area contributed by atoms with Crippen molar-refractivity contribution in [2.45, 2.75) is 20.8 Å². The van der Waals surface area contributed by atoms with Gasteiger partial charge in [-0.15, -0.1) is 0 Å². The zero-order chi connectivity index (χ0) is 13.1. The first-order valence-electron chi connectivity index (χ1n) is 6.04. The molecule has 3 heteroatoms. The third-order valence-electron chi connectivity index (χ3n) is 2.61. The summed E-state index contributed by atoms with van der Waals surface area (Å²) in [7, 11) is 0. The average Bonchev–Trinajstić information content (AvgIpc) is 2.35. The predicted octanol–water partition coefficient (Wildman–Crippen LogP) is 3.45. The molecule has 0 saturated carbocycles. The lowest BCUT2D eigenvalue weighted by molar-refractivity contribution is 0.271. The van der Waals surface area contributed by atoms with E-state index in [9.17, 15) is 0 Å². The lowest BCUT2D eigenvalue weighted by Gasteiger charge is -2.10. The standard InChI is InChI=1S/C15H16N2O/c1-10(2)9-18-13-4-5-15-14(7-13)12(8-16)6-11(3)17-15/h4-7,10H,9H2,1-3H3. The molecule has 0 unspecified atom stereocenters. The number of pyridine rings is 1. The van der Waals surface area contributed by atoms with E-state index in [-0.39, 0.29) is 0 Å². The summed E-state index contributed by atoms with van der Waals surface area (Å²) in [5.74, 6) is 1.27. The van der Waals surface area contributed by atoms with Crippen molar-refractivity contribution in [3.63, 3.8) is 0 Å². The van der Waals surface area contributed by atoms with Gasteiger partial charge in [-0.25, -0.2) is 0 Å². The van der Waals surface area contributed by atoms with Crippen molar-refractivity contribution in [2.75, 3.05) is 6.61 Å². The number of rotatable bonds is 3. The molecule has 0 N–H and O–H groups in total. The number of fused-ring (bicyclic) bond motifs is 1. The molecule has 2 aromatic rings. The number of hydrogen-bond acceptors (Lipinski definition) is 3. The molecule has 0 atom stereocenters. The molecule has 3 nitrogen and oxygen atoms in total. The van der Waals surface area contributed by atoms with Gasteiger partial charge < -0.3 is 4.74 Å². The van der Waals surface area contributed by atoms with E-state index in [4.69, 9.17) is 10.00 Å². The zero-order valence-corrected chi connectivity index (χ0v) is 10.9. The molecule has 0 aliphatic rings. The van der Waals surface area contributed by atoms with E-state index >= 15 is 0 Å². The summed E-state index contributed by atoms with van der Waals surface area (Å²) in [4.78, 5) is 4.41. The molecular formula is C15H16N2O. The monoisotopic (exact) mass is 240 g/mol. The largest absolute Gasteiger partial charge is 0.493 e. The van der Waals surface area contributed by atoms with Crippen LogP contribution in [-0.4, -0.2) is 11.6 Å². The Labute approximate surface area is 107 Å². The first-order valence-corrected chi connectivity index (χ1v) is 6.04. The van der Waals surface area contributed by atoms with Gasteiger partial charge in [0.2, 0.25) is 0 Å². The second kappa shape index (κ2) is 5.05. The molecule has 0 spiro atoms. The van der Waals surface area contributed by atoms with E-state index < -0.39 is 0 Å². The van der Waals surface area contributed by atoms with Crippen LogP contribution in [0.2, 0.25) is 0 Å². The SMILES string of the molecule is Cc1cc(C#N)c2cc(OCC(C)C)ccc2n1. The highest BCUT2D eigenvalue weighted by Crippen LogP contribution is 2.23. The number of nitrogens with zero attached hydrogens (tertiary/aromatic N) is 2. The summed E-state index contributed by atoms with van der Waals surface area (Å²) in [5, 5.41) is 10.0. The number of nitriles is 1. The lowest BCUT2D eigenvalue weighted by Crippen LogP contribution is -2.04. The fraction of sp³-hybridized carbons (Fsp3) is 0.333. The van der Waals surface area contributed by atoms with Crippen molar-refractivity contribution in [1.82, 2.24) is 4.98 Å². The van der Waals surface area contributed by atoms with Gasteiger partial charge in [0.05, 0.1) is 23.8 Å². The zero-order valence-electron chi connectivity index (χ0n) is 10.9. The predicted molar refractivity (Wildman–Crippen MR) is 71.5 cm³/mol. The Morgan fingerprint density at radius 1 is 1.33 bits per heavy atom. The van der Waals surface area contributed by atoms with E-state index in [1.165, 1.54) is 0 Å². The van der Waals surface area contributed by atoms with E-state index in [2.05, 4.69) is 24.9 Å². The van der Waals surface area contributed by atoms with Gasteiger partial charge in [-0.05, 0) is 37.1 Å². The highest BCUT2D eigenvalue weighted by atomic mass is 16.5. The van der Waals surface area contributed by atoms with Gasteiger partial charge in [-0.1, -0.05) is 13.8 Å². The molecule has 1 aromatic carbocycles. The maximum Gasteiger partial charge on any atom is 0.120 e. The van der Waals surface area contributed by atoms with Crippen LogP contribution in [-0.2, 0) is 0 Å². The van der Waals surface area contributed by atoms with Crippen LogP contribution in [0.15, 0.2) is 24.3 Å². The van der Waals surface area contributed by atoms with Gasteiger partial charge in [-0.2, -0.15) is 5.26 Å². The third kappa shape index (κ3) is 2.60. The Morgan fingerprint density at radius 3 is 2.78 bits per heavy atom. The summed E-state index contributed by atoms with van der Waals surface area (Å²) < 4.78 is 5.67. The minimum absolute atomic E-state index is 0.479. The van der Waals surface area contributed by atoms with Crippen molar-refractivity contribution < 1.29 is 4.74 Å². The molecule has 0 bridgehead atoms. The maximum atomic E-state index is 9.15. The van der Waals surface area contributed by atoms with Gasteiger partial charge in [0.1, 0.15) is 5.75 Å². The summed E-state index contributed by atoms with van der Waals surface area (Å²) in [5.41, 5.74) is 2.34. The van der Waals surface area contributed by atoms with Crippen molar-refractivity contribution >= 4 is 10.9 Å². The molecule has 18 heavy (non-hydrogen) atoms. The van der Waals surface area contributed by atoms with Crippen molar-refractivity contribution in [1.29, 1.82) is 5.26 Å². The van der Waals surface area contributed by atoms with Gasteiger partial charge >= 0.3 is 0 Å². The summed E-state index contributed by atoms with van der Waals surface area (Å²) in [6.07, 6.45) is 0.